The van der Waals surface area contributed by atoms with Gasteiger partial charge in [0.2, 0.25) is 11.7 Å². The van der Waals surface area contributed by atoms with Crippen molar-refractivity contribution < 1.29 is 14.0 Å². The number of nitrogens with one attached hydrogen (secondary N) is 1. The van der Waals surface area contributed by atoms with E-state index in [2.05, 4.69) is 20.7 Å². The predicted octanol–water partition coefficient (Wildman–Crippen LogP) is 3.58. The highest BCUT2D eigenvalue weighted by Crippen LogP contribution is 2.27. The molecule has 3 aromatic rings. The molecule has 0 saturated carbocycles. The monoisotopic (exact) mass is 452 g/mol. The summed E-state index contributed by atoms with van der Waals surface area (Å²) in [7, 11) is 0. The molecule has 0 spiro atoms. The quantitative estimate of drug-likeness (QED) is 0.587. The van der Waals surface area contributed by atoms with Gasteiger partial charge in [-0.25, -0.2) is 0 Å². The topological polar surface area (TPSA) is 106 Å². The van der Waals surface area contributed by atoms with Crippen molar-refractivity contribution in [3.05, 3.63) is 47.2 Å². The largest absolute Gasteiger partial charge is 0.458 e. The van der Waals surface area contributed by atoms with Crippen LogP contribution in [-0.2, 0) is 16.1 Å². The van der Waals surface area contributed by atoms with Crippen LogP contribution in [0.4, 0.5) is 5.69 Å². The van der Waals surface area contributed by atoms with Crippen LogP contribution in [0.1, 0.15) is 51.0 Å². The normalized spacial score (nSPS) is 12.5. The van der Waals surface area contributed by atoms with Crippen LogP contribution in [0.15, 0.2) is 34.7 Å². The SMILES string of the molecule is CC[C@H](C(=O)NC(C)(C)C)N(C(=O)Cn1nnc(-c2ccc(C)o2)n1)c1cccc(C)c1C. The fourth-order valence-electron chi connectivity index (χ4n) is 3.57. The number of hydrogen-bond donors (Lipinski definition) is 1. The highest BCUT2D eigenvalue weighted by molar-refractivity contribution is 6.01. The molecule has 0 aliphatic heterocycles. The van der Waals surface area contributed by atoms with E-state index in [4.69, 9.17) is 4.42 Å². The Balaban J connectivity index is 1.95. The van der Waals surface area contributed by atoms with E-state index >= 15 is 0 Å². The molecule has 2 heterocycles. The van der Waals surface area contributed by atoms with Crippen molar-refractivity contribution in [1.82, 2.24) is 25.5 Å². The second-order valence-corrected chi connectivity index (χ2v) is 9.20. The number of carbonyl (C=O) groups excluding carboxylic acids is 2. The van der Waals surface area contributed by atoms with E-state index in [1.165, 1.54) is 4.80 Å². The molecule has 0 fully saturated rings. The Kier molecular flexibility index (Phi) is 7.00. The van der Waals surface area contributed by atoms with Gasteiger partial charge in [-0.15, -0.1) is 10.2 Å². The summed E-state index contributed by atoms with van der Waals surface area (Å²) in [6.07, 6.45) is 0.447. The molecule has 0 unspecified atom stereocenters. The van der Waals surface area contributed by atoms with E-state index in [-0.39, 0.29) is 18.4 Å². The van der Waals surface area contributed by atoms with Gasteiger partial charge in [0.25, 0.3) is 5.91 Å². The lowest BCUT2D eigenvalue weighted by atomic mass is 10.0. The predicted molar refractivity (Wildman–Crippen MR) is 126 cm³/mol. The van der Waals surface area contributed by atoms with Crippen molar-refractivity contribution >= 4 is 17.5 Å². The molecule has 0 radical (unpaired) electrons. The number of rotatable bonds is 7. The third-order valence-electron chi connectivity index (χ3n) is 5.29. The van der Waals surface area contributed by atoms with Crippen molar-refractivity contribution in [2.75, 3.05) is 4.90 Å². The third-order valence-corrected chi connectivity index (χ3v) is 5.29. The third kappa shape index (κ3) is 5.66. The summed E-state index contributed by atoms with van der Waals surface area (Å²) < 4.78 is 5.54. The fraction of sp³-hybridized carbons (Fsp3) is 0.458. The number of amides is 2. The summed E-state index contributed by atoms with van der Waals surface area (Å²) in [4.78, 5) is 29.6. The fourth-order valence-corrected chi connectivity index (χ4v) is 3.57. The Morgan fingerprint density at radius 2 is 1.88 bits per heavy atom. The first-order valence-corrected chi connectivity index (χ1v) is 11.0. The van der Waals surface area contributed by atoms with Crippen LogP contribution in [0, 0.1) is 20.8 Å². The number of aryl methyl sites for hydroxylation is 2. The van der Waals surface area contributed by atoms with Crippen LogP contribution in [0.3, 0.4) is 0 Å². The average molecular weight is 453 g/mol. The molecule has 0 aliphatic rings. The van der Waals surface area contributed by atoms with E-state index in [1.807, 2.05) is 72.7 Å². The van der Waals surface area contributed by atoms with Crippen LogP contribution in [0.2, 0.25) is 0 Å². The summed E-state index contributed by atoms with van der Waals surface area (Å²) in [5.74, 6) is 0.992. The standard InChI is InChI=1S/C24H32N6O3/c1-8-18(23(32)25-24(5,6)7)30(19-11-9-10-15(2)17(19)4)21(31)14-29-27-22(26-28-29)20-13-12-16(3)33-20/h9-13,18H,8,14H2,1-7H3,(H,25,32)/t18-/m1/s1. The van der Waals surface area contributed by atoms with Crippen LogP contribution in [0.25, 0.3) is 11.6 Å². The molecule has 176 valence electrons. The average Bonchev–Trinajstić information content (AvgIpc) is 3.36. The molecule has 0 bridgehead atoms. The minimum absolute atomic E-state index is 0.167. The molecular weight excluding hydrogens is 420 g/mol. The number of aromatic nitrogens is 4. The van der Waals surface area contributed by atoms with Crippen molar-refractivity contribution in [2.24, 2.45) is 0 Å². The van der Waals surface area contributed by atoms with E-state index in [0.29, 0.717) is 23.7 Å². The number of nitrogens with zero attached hydrogens (tertiary/aromatic N) is 5. The highest BCUT2D eigenvalue weighted by atomic mass is 16.3. The van der Waals surface area contributed by atoms with Gasteiger partial charge in [0.05, 0.1) is 0 Å². The van der Waals surface area contributed by atoms with Gasteiger partial charge in [-0.05, 0) is 82.5 Å². The Morgan fingerprint density at radius 1 is 1.15 bits per heavy atom. The van der Waals surface area contributed by atoms with Gasteiger partial charge in [-0.1, -0.05) is 19.1 Å². The van der Waals surface area contributed by atoms with Crippen LogP contribution in [0.5, 0.6) is 0 Å². The molecule has 1 atom stereocenters. The lowest BCUT2D eigenvalue weighted by molar-refractivity contribution is -0.128. The van der Waals surface area contributed by atoms with Gasteiger partial charge >= 0.3 is 0 Å². The van der Waals surface area contributed by atoms with Crippen LogP contribution in [-0.4, -0.2) is 43.6 Å². The maximum absolute atomic E-state index is 13.6. The van der Waals surface area contributed by atoms with Gasteiger partial charge in [0, 0.05) is 11.2 Å². The minimum atomic E-state index is -0.687. The van der Waals surface area contributed by atoms with Crippen molar-refractivity contribution in [2.45, 2.75) is 73.0 Å². The minimum Gasteiger partial charge on any atom is -0.458 e. The molecule has 1 N–H and O–H groups in total. The molecule has 2 amide bonds. The van der Waals surface area contributed by atoms with Gasteiger partial charge in [0.15, 0.2) is 5.76 Å². The number of anilines is 1. The Hall–Kier alpha value is -3.49. The zero-order valence-corrected chi connectivity index (χ0v) is 20.3. The molecule has 3 rings (SSSR count). The summed E-state index contributed by atoms with van der Waals surface area (Å²) in [6.45, 7) is 13.2. The number of benzene rings is 1. The Labute approximate surface area is 194 Å². The molecule has 1 aromatic carbocycles. The van der Waals surface area contributed by atoms with Crippen LogP contribution < -0.4 is 10.2 Å². The van der Waals surface area contributed by atoms with Gasteiger partial charge < -0.3 is 9.73 Å². The second kappa shape index (κ2) is 9.56. The second-order valence-electron chi connectivity index (χ2n) is 9.20. The van der Waals surface area contributed by atoms with Crippen molar-refractivity contribution in [1.29, 1.82) is 0 Å². The number of furan rings is 1. The van der Waals surface area contributed by atoms with E-state index in [1.54, 1.807) is 11.0 Å². The van der Waals surface area contributed by atoms with Gasteiger partial charge in [-0.2, -0.15) is 4.80 Å². The van der Waals surface area contributed by atoms with Gasteiger partial charge in [0.1, 0.15) is 18.3 Å². The van der Waals surface area contributed by atoms with Crippen molar-refractivity contribution in [3.8, 4) is 11.6 Å². The first kappa shape index (κ1) is 24.2. The molecule has 9 nitrogen and oxygen atoms in total. The molecule has 33 heavy (non-hydrogen) atoms. The summed E-state index contributed by atoms with van der Waals surface area (Å²) in [5, 5.41) is 15.3. The van der Waals surface area contributed by atoms with Crippen molar-refractivity contribution in [3.63, 3.8) is 0 Å². The summed E-state index contributed by atoms with van der Waals surface area (Å²) in [6, 6.07) is 8.60. The Morgan fingerprint density at radius 3 is 2.48 bits per heavy atom. The molecule has 0 aliphatic carbocycles. The molecule has 0 saturated heterocycles. The number of carbonyl (C=O) groups is 2. The maximum Gasteiger partial charge on any atom is 0.251 e. The summed E-state index contributed by atoms with van der Waals surface area (Å²) >= 11 is 0. The van der Waals surface area contributed by atoms with E-state index in [0.717, 1.165) is 16.9 Å². The maximum atomic E-state index is 13.6. The zero-order chi connectivity index (χ0) is 24.3. The summed E-state index contributed by atoms with van der Waals surface area (Å²) in [5.41, 5.74) is 2.24. The molecule has 9 heteroatoms. The number of hydrogen-bond acceptors (Lipinski definition) is 6. The molecule has 2 aromatic heterocycles. The first-order chi connectivity index (χ1) is 15.5. The number of tetrazole rings is 1. The van der Waals surface area contributed by atoms with E-state index in [9.17, 15) is 9.59 Å². The molecular formula is C24H32N6O3. The van der Waals surface area contributed by atoms with Crippen LogP contribution >= 0.6 is 0 Å². The smallest absolute Gasteiger partial charge is 0.251 e. The van der Waals surface area contributed by atoms with E-state index < -0.39 is 11.6 Å². The lowest BCUT2D eigenvalue weighted by Gasteiger charge is -2.34. The lowest BCUT2D eigenvalue weighted by Crippen LogP contribution is -2.54. The Bertz CT molecular complexity index is 1140. The first-order valence-electron chi connectivity index (χ1n) is 11.0. The van der Waals surface area contributed by atoms with Gasteiger partial charge in [-0.3, -0.25) is 14.5 Å². The zero-order valence-electron chi connectivity index (χ0n) is 20.3. The highest BCUT2D eigenvalue weighted by Gasteiger charge is 2.33.